The minimum absolute atomic E-state index is 0.0349. The van der Waals surface area contributed by atoms with Crippen molar-refractivity contribution >= 4 is 22.8 Å². The SMILES string of the molecule is O=C([C@H]1CNCCN1C(=O)c1ccc2c(c1)ncn2CCO)N1CCCC1. The molecule has 8 nitrogen and oxygen atoms in total. The maximum Gasteiger partial charge on any atom is 0.254 e. The minimum Gasteiger partial charge on any atom is -0.395 e. The highest BCUT2D eigenvalue weighted by Gasteiger charge is 2.36. The highest BCUT2D eigenvalue weighted by atomic mass is 16.3. The number of amides is 2. The normalized spacial score (nSPS) is 20.4. The molecule has 4 rings (SSSR count). The van der Waals surface area contributed by atoms with Gasteiger partial charge >= 0.3 is 0 Å². The largest absolute Gasteiger partial charge is 0.395 e. The second kappa shape index (κ2) is 7.66. The molecule has 1 atom stereocenters. The average Bonchev–Trinajstić information content (AvgIpc) is 3.37. The van der Waals surface area contributed by atoms with Crippen molar-refractivity contribution < 1.29 is 14.7 Å². The van der Waals surface area contributed by atoms with Crippen LogP contribution in [-0.4, -0.2) is 81.6 Å². The van der Waals surface area contributed by atoms with Gasteiger partial charge in [0.05, 0.1) is 24.0 Å². The van der Waals surface area contributed by atoms with Crippen molar-refractivity contribution in [3.8, 4) is 0 Å². The molecular weight excluding hydrogens is 346 g/mol. The van der Waals surface area contributed by atoms with Crippen LogP contribution in [0, 0.1) is 0 Å². The number of fused-ring (bicyclic) bond motifs is 1. The van der Waals surface area contributed by atoms with Crippen LogP contribution in [0.2, 0.25) is 0 Å². The van der Waals surface area contributed by atoms with Crippen molar-refractivity contribution in [2.45, 2.75) is 25.4 Å². The molecular formula is C19H25N5O3. The highest BCUT2D eigenvalue weighted by molar-refractivity contribution is 6.00. The van der Waals surface area contributed by atoms with Gasteiger partial charge < -0.3 is 24.8 Å². The van der Waals surface area contributed by atoms with E-state index in [2.05, 4.69) is 10.3 Å². The first-order chi connectivity index (χ1) is 13.2. The summed E-state index contributed by atoms with van der Waals surface area (Å²) in [6, 6.07) is 4.95. The molecule has 27 heavy (non-hydrogen) atoms. The number of hydrogen-bond acceptors (Lipinski definition) is 5. The molecule has 0 unspecified atom stereocenters. The van der Waals surface area contributed by atoms with E-state index in [1.54, 1.807) is 23.4 Å². The molecule has 0 spiro atoms. The van der Waals surface area contributed by atoms with Crippen molar-refractivity contribution in [3.63, 3.8) is 0 Å². The Morgan fingerprint density at radius 3 is 2.81 bits per heavy atom. The number of nitrogens with one attached hydrogen (secondary N) is 1. The summed E-state index contributed by atoms with van der Waals surface area (Å²) in [5.41, 5.74) is 2.13. The Morgan fingerprint density at radius 1 is 1.22 bits per heavy atom. The van der Waals surface area contributed by atoms with E-state index in [9.17, 15) is 9.59 Å². The third-order valence-corrected chi connectivity index (χ3v) is 5.42. The Hall–Kier alpha value is -2.45. The van der Waals surface area contributed by atoms with Crippen LogP contribution in [0.1, 0.15) is 23.2 Å². The maximum absolute atomic E-state index is 13.2. The van der Waals surface area contributed by atoms with E-state index >= 15 is 0 Å². The van der Waals surface area contributed by atoms with Gasteiger partial charge in [0.2, 0.25) is 5.91 Å². The van der Waals surface area contributed by atoms with Crippen LogP contribution < -0.4 is 5.32 Å². The first kappa shape index (κ1) is 17.9. The Balaban J connectivity index is 1.57. The number of benzene rings is 1. The molecule has 0 bridgehead atoms. The summed E-state index contributed by atoms with van der Waals surface area (Å²) in [5.74, 6) is -0.0889. The lowest BCUT2D eigenvalue weighted by molar-refractivity contribution is -0.135. The minimum atomic E-state index is -0.452. The van der Waals surface area contributed by atoms with Crippen LogP contribution >= 0.6 is 0 Å². The van der Waals surface area contributed by atoms with Gasteiger partial charge in [0.1, 0.15) is 6.04 Å². The van der Waals surface area contributed by atoms with Gasteiger partial charge in [-0.3, -0.25) is 9.59 Å². The van der Waals surface area contributed by atoms with Gasteiger partial charge in [0, 0.05) is 44.8 Å². The molecule has 2 N–H and O–H groups in total. The summed E-state index contributed by atoms with van der Waals surface area (Å²) in [5, 5.41) is 12.4. The quantitative estimate of drug-likeness (QED) is 0.794. The number of rotatable bonds is 4. The molecule has 2 fully saturated rings. The molecule has 1 aromatic carbocycles. The number of carbonyl (C=O) groups excluding carboxylic acids is 2. The first-order valence-electron chi connectivity index (χ1n) is 9.55. The molecule has 0 saturated carbocycles. The predicted octanol–water partition coefficient (Wildman–Crippen LogP) is 0.0650. The maximum atomic E-state index is 13.2. The molecule has 2 amide bonds. The van der Waals surface area contributed by atoms with E-state index in [-0.39, 0.29) is 18.4 Å². The molecule has 0 radical (unpaired) electrons. The monoisotopic (exact) mass is 371 g/mol. The molecule has 2 aliphatic rings. The Labute approximate surface area is 157 Å². The van der Waals surface area contributed by atoms with Gasteiger partial charge in [-0.2, -0.15) is 0 Å². The van der Waals surface area contributed by atoms with E-state index in [1.807, 2.05) is 15.5 Å². The van der Waals surface area contributed by atoms with Crippen molar-refractivity contribution in [1.82, 2.24) is 24.7 Å². The number of carbonyl (C=O) groups is 2. The number of hydrogen-bond donors (Lipinski definition) is 2. The van der Waals surface area contributed by atoms with Gasteiger partial charge in [-0.15, -0.1) is 0 Å². The van der Waals surface area contributed by atoms with E-state index in [4.69, 9.17) is 5.11 Å². The summed E-state index contributed by atoms with van der Waals surface area (Å²) >= 11 is 0. The fraction of sp³-hybridized carbons (Fsp3) is 0.526. The van der Waals surface area contributed by atoms with Gasteiger partial charge in [-0.1, -0.05) is 0 Å². The van der Waals surface area contributed by atoms with Crippen LogP contribution in [0.15, 0.2) is 24.5 Å². The number of nitrogens with zero attached hydrogens (tertiary/aromatic N) is 4. The topological polar surface area (TPSA) is 90.7 Å². The van der Waals surface area contributed by atoms with Gasteiger partial charge in [-0.25, -0.2) is 4.98 Å². The summed E-state index contributed by atoms with van der Waals surface area (Å²) in [7, 11) is 0. The lowest BCUT2D eigenvalue weighted by atomic mass is 10.1. The van der Waals surface area contributed by atoms with Crippen LogP contribution in [0.3, 0.4) is 0 Å². The summed E-state index contributed by atoms with van der Waals surface area (Å²) in [6.07, 6.45) is 3.74. The number of aliphatic hydroxyl groups is 1. The fourth-order valence-corrected chi connectivity index (χ4v) is 3.96. The molecule has 0 aliphatic carbocycles. The fourth-order valence-electron chi connectivity index (χ4n) is 3.96. The van der Waals surface area contributed by atoms with Crippen LogP contribution in [0.25, 0.3) is 11.0 Å². The van der Waals surface area contributed by atoms with Crippen molar-refractivity contribution in [2.24, 2.45) is 0 Å². The molecule has 2 aliphatic heterocycles. The molecule has 3 heterocycles. The predicted molar refractivity (Wildman–Crippen MR) is 100 cm³/mol. The van der Waals surface area contributed by atoms with E-state index in [0.29, 0.717) is 37.3 Å². The Morgan fingerprint density at radius 2 is 2.04 bits per heavy atom. The molecule has 144 valence electrons. The zero-order valence-corrected chi connectivity index (χ0v) is 15.3. The van der Waals surface area contributed by atoms with Gasteiger partial charge in [0.25, 0.3) is 5.91 Å². The average molecular weight is 371 g/mol. The standard InChI is InChI=1S/C19H25N5O3/c25-10-9-23-13-21-15-11-14(3-4-16(15)23)18(26)24-8-5-20-12-17(24)19(27)22-6-1-2-7-22/h3-4,11,13,17,20,25H,1-2,5-10,12H2/t17-/m1/s1. The third-order valence-electron chi connectivity index (χ3n) is 5.42. The smallest absolute Gasteiger partial charge is 0.254 e. The summed E-state index contributed by atoms with van der Waals surface area (Å²) in [6.45, 7) is 3.76. The number of aromatic nitrogens is 2. The van der Waals surface area contributed by atoms with Crippen LogP contribution in [-0.2, 0) is 11.3 Å². The summed E-state index contributed by atoms with van der Waals surface area (Å²) < 4.78 is 1.86. The number of likely N-dealkylation sites (tertiary alicyclic amines) is 1. The lowest BCUT2D eigenvalue weighted by Crippen LogP contribution is -2.59. The van der Waals surface area contributed by atoms with E-state index in [1.165, 1.54) is 0 Å². The van der Waals surface area contributed by atoms with Crippen LogP contribution in [0.5, 0.6) is 0 Å². The van der Waals surface area contributed by atoms with Crippen LogP contribution in [0.4, 0.5) is 0 Å². The molecule has 2 saturated heterocycles. The first-order valence-corrected chi connectivity index (χ1v) is 9.55. The molecule has 8 heteroatoms. The molecule has 1 aromatic heterocycles. The van der Waals surface area contributed by atoms with Gasteiger partial charge in [0.15, 0.2) is 0 Å². The zero-order chi connectivity index (χ0) is 18.8. The van der Waals surface area contributed by atoms with Crippen molar-refractivity contribution in [3.05, 3.63) is 30.1 Å². The number of aliphatic hydroxyl groups excluding tert-OH is 1. The lowest BCUT2D eigenvalue weighted by Gasteiger charge is -2.37. The van der Waals surface area contributed by atoms with E-state index in [0.717, 1.165) is 31.4 Å². The molecule has 2 aromatic rings. The number of imidazole rings is 1. The zero-order valence-electron chi connectivity index (χ0n) is 15.3. The van der Waals surface area contributed by atoms with Crippen molar-refractivity contribution in [1.29, 1.82) is 0 Å². The van der Waals surface area contributed by atoms with E-state index < -0.39 is 6.04 Å². The number of piperazine rings is 1. The highest BCUT2D eigenvalue weighted by Crippen LogP contribution is 2.19. The Bertz CT molecular complexity index is 843. The third kappa shape index (κ3) is 3.42. The second-order valence-corrected chi connectivity index (χ2v) is 7.12. The Kier molecular flexibility index (Phi) is 5.09. The second-order valence-electron chi connectivity index (χ2n) is 7.12. The van der Waals surface area contributed by atoms with Gasteiger partial charge in [-0.05, 0) is 31.0 Å². The summed E-state index contributed by atoms with van der Waals surface area (Å²) in [4.78, 5) is 34.0. The van der Waals surface area contributed by atoms with Crippen molar-refractivity contribution in [2.75, 3.05) is 39.3 Å².